The molecule has 1 heterocycles. The quantitative estimate of drug-likeness (QED) is 0.736. The second kappa shape index (κ2) is 6.93. The zero-order valence-corrected chi connectivity index (χ0v) is 11.1. The van der Waals surface area contributed by atoms with Crippen LogP contribution < -0.4 is 0 Å². The lowest BCUT2D eigenvalue weighted by molar-refractivity contribution is -0.145. The van der Waals surface area contributed by atoms with Crippen molar-refractivity contribution in [3.63, 3.8) is 0 Å². The van der Waals surface area contributed by atoms with Gasteiger partial charge in [-0.3, -0.25) is 4.79 Å². The van der Waals surface area contributed by atoms with Gasteiger partial charge in [0, 0.05) is 19.7 Å². The van der Waals surface area contributed by atoms with Crippen LogP contribution in [-0.2, 0) is 9.53 Å². The Labute approximate surface area is 103 Å². The predicted molar refractivity (Wildman–Crippen MR) is 65.8 cm³/mol. The van der Waals surface area contributed by atoms with Crippen molar-refractivity contribution >= 4 is 5.91 Å². The Morgan fingerprint density at radius 2 is 2.12 bits per heavy atom. The number of rotatable bonds is 5. The van der Waals surface area contributed by atoms with Gasteiger partial charge >= 0.3 is 0 Å². The van der Waals surface area contributed by atoms with Gasteiger partial charge in [0.1, 0.15) is 6.10 Å². The Hall–Kier alpha value is -0.650. The van der Waals surface area contributed by atoms with Gasteiger partial charge in [-0.15, -0.1) is 0 Å². The Kier molecular flexibility index (Phi) is 5.88. The van der Waals surface area contributed by atoms with Crippen LogP contribution in [0.2, 0.25) is 0 Å². The monoisotopic (exact) mass is 244 g/mol. The zero-order chi connectivity index (χ0) is 12.8. The molecule has 0 radical (unpaired) electrons. The number of hydrogen-bond acceptors (Lipinski definition) is 4. The summed E-state index contributed by atoms with van der Waals surface area (Å²) in [7, 11) is 3.63. The zero-order valence-electron chi connectivity index (χ0n) is 11.1. The van der Waals surface area contributed by atoms with Crippen molar-refractivity contribution in [1.82, 2.24) is 9.80 Å². The standard InChI is InChI=1S/C12H24N2O3/c1-10(17-3)12(16)14(8-9-15)11-4-6-13(2)7-5-11/h10-11,15H,4-9H2,1-3H3. The third-order valence-electron chi connectivity index (χ3n) is 3.45. The maximum atomic E-state index is 12.1. The number of nitrogens with zero attached hydrogens (tertiary/aromatic N) is 2. The molecule has 0 saturated carbocycles. The molecule has 0 bridgehead atoms. The predicted octanol–water partition coefficient (Wildman–Crippen LogP) is -0.0636. The van der Waals surface area contributed by atoms with Gasteiger partial charge in [0.05, 0.1) is 6.61 Å². The van der Waals surface area contributed by atoms with Crippen molar-refractivity contribution in [3.05, 3.63) is 0 Å². The highest BCUT2D eigenvalue weighted by molar-refractivity contribution is 5.80. The molecule has 1 rings (SSSR count). The summed E-state index contributed by atoms with van der Waals surface area (Å²) in [6.07, 6.45) is 1.51. The van der Waals surface area contributed by atoms with Gasteiger partial charge in [-0.05, 0) is 39.9 Å². The molecule has 100 valence electrons. The summed E-state index contributed by atoms with van der Waals surface area (Å²) in [6.45, 7) is 4.17. The first kappa shape index (κ1) is 14.4. The maximum Gasteiger partial charge on any atom is 0.251 e. The lowest BCUT2D eigenvalue weighted by atomic mass is 10.0. The number of ether oxygens (including phenoxy) is 1. The minimum atomic E-state index is -0.429. The summed E-state index contributed by atoms with van der Waals surface area (Å²) in [5.74, 6) is -0.0175. The van der Waals surface area contributed by atoms with E-state index in [1.54, 1.807) is 11.8 Å². The first-order valence-electron chi connectivity index (χ1n) is 6.22. The molecule has 1 aliphatic heterocycles. The molecule has 1 N–H and O–H groups in total. The van der Waals surface area contributed by atoms with E-state index in [2.05, 4.69) is 11.9 Å². The fourth-order valence-electron chi connectivity index (χ4n) is 2.22. The Bertz CT molecular complexity index is 240. The molecular formula is C12H24N2O3. The van der Waals surface area contributed by atoms with E-state index in [4.69, 9.17) is 9.84 Å². The number of carbonyl (C=O) groups is 1. The van der Waals surface area contributed by atoms with Crippen molar-refractivity contribution in [2.45, 2.75) is 31.9 Å². The van der Waals surface area contributed by atoms with Crippen molar-refractivity contribution in [2.75, 3.05) is 40.4 Å². The number of amides is 1. The van der Waals surface area contributed by atoms with Gasteiger partial charge in [0.15, 0.2) is 0 Å². The number of aliphatic hydroxyl groups excluding tert-OH is 1. The SMILES string of the molecule is COC(C)C(=O)N(CCO)C1CCN(C)CC1. The number of hydrogen-bond donors (Lipinski definition) is 1. The van der Waals surface area contributed by atoms with E-state index in [0.717, 1.165) is 25.9 Å². The van der Waals surface area contributed by atoms with Crippen LogP contribution in [-0.4, -0.2) is 73.4 Å². The minimum absolute atomic E-state index is 0.00845. The molecule has 5 heteroatoms. The maximum absolute atomic E-state index is 12.1. The molecule has 0 aliphatic carbocycles. The van der Waals surface area contributed by atoms with Crippen LogP contribution in [0, 0.1) is 0 Å². The van der Waals surface area contributed by atoms with Gasteiger partial charge in [-0.25, -0.2) is 0 Å². The lowest BCUT2D eigenvalue weighted by Gasteiger charge is -2.38. The summed E-state index contributed by atoms with van der Waals surface area (Å²) >= 11 is 0. The highest BCUT2D eigenvalue weighted by Gasteiger charge is 2.29. The highest BCUT2D eigenvalue weighted by atomic mass is 16.5. The van der Waals surface area contributed by atoms with E-state index >= 15 is 0 Å². The molecule has 1 fully saturated rings. The van der Waals surface area contributed by atoms with Crippen LogP contribution >= 0.6 is 0 Å². The van der Waals surface area contributed by atoms with E-state index in [1.807, 2.05) is 0 Å². The van der Waals surface area contributed by atoms with Crippen molar-refractivity contribution in [1.29, 1.82) is 0 Å². The van der Waals surface area contributed by atoms with Crippen LogP contribution in [0.25, 0.3) is 0 Å². The van der Waals surface area contributed by atoms with Crippen molar-refractivity contribution in [3.8, 4) is 0 Å². The largest absolute Gasteiger partial charge is 0.395 e. The van der Waals surface area contributed by atoms with Gasteiger partial charge in [0.2, 0.25) is 0 Å². The summed E-state index contributed by atoms with van der Waals surface area (Å²) in [5.41, 5.74) is 0. The second-order valence-corrected chi connectivity index (χ2v) is 4.67. The van der Waals surface area contributed by atoms with Crippen LogP contribution in [0.1, 0.15) is 19.8 Å². The van der Waals surface area contributed by atoms with Crippen LogP contribution in [0.5, 0.6) is 0 Å². The lowest BCUT2D eigenvalue weighted by Crippen LogP contribution is -2.50. The molecule has 1 saturated heterocycles. The van der Waals surface area contributed by atoms with Gasteiger partial charge < -0.3 is 19.6 Å². The average molecular weight is 244 g/mol. The van der Waals surface area contributed by atoms with Crippen molar-refractivity contribution in [2.24, 2.45) is 0 Å². The second-order valence-electron chi connectivity index (χ2n) is 4.67. The Balaban J connectivity index is 2.61. The topological polar surface area (TPSA) is 53.0 Å². The average Bonchev–Trinajstić information content (AvgIpc) is 2.35. The summed E-state index contributed by atoms with van der Waals surface area (Å²) < 4.78 is 5.07. The normalized spacial score (nSPS) is 20.2. The molecular weight excluding hydrogens is 220 g/mol. The summed E-state index contributed by atoms with van der Waals surface area (Å²) in [4.78, 5) is 16.2. The van der Waals surface area contributed by atoms with Gasteiger partial charge in [-0.1, -0.05) is 0 Å². The smallest absolute Gasteiger partial charge is 0.251 e. The summed E-state index contributed by atoms with van der Waals surface area (Å²) in [5, 5.41) is 9.08. The van der Waals surface area contributed by atoms with E-state index < -0.39 is 6.10 Å². The molecule has 0 aromatic rings. The minimum Gasteiger partial charge on any atom is -0.395 e. The molecule has 0 spiro atoms. The van der Waals surface area contributed by atoms with Crippen LogP contribution in [0.4, 0.5) is 0 Å². The fourth-order valence-corrected chi connectivity index (χ4v) is 2.22. The Morgan fingerprint density at radius 1 is 1.53 bits per heavy atom. The molecule has 17 heavy (non-hydrogen) atoms. The van der Waals surface area contributed by atoms with E-state index in [1.165, 1.54) is 7.11 Å². The number of piperidine rings is 1. The van der Waals surface area contributed by atoms with Gasteiger partial charge in [0.25, 0.3) is 5.91 Å². The molecule has 0 aromatic heterocycles. The van der Waals surface area contributed by atoms with E-state index in [-0.39, 0.29) is 18.6 Å². The third-order valence-corrected chi connectivity index (χ3v) is 3.45. The van der Waals surface area contributed by atoms with Gasteiger partial charge in [-0.2, -0.15) is 0 Å². The number of aliphatic hydroxyl groups is 1. The number of carbonyl (C=O) groups excluding carboxylic acids is 1. The molecule has 1 unspecified atom stereocenters. The summed E-state index contributed by atoms with van der Waals surface area (Å²) in [6, 6.07) is 0.239. The van der Waals surface area contributed by atoms with Crippen molar-refractivity contribution < 1.29 is 14.6 Å². The number of methoxy groups -OCH3 is 1. The number of likely N-dealkylation sites (tertiary alicyclic amines) is 1. The molecule has 0 aromatic carbocycles. The Morgan fingerprint density at radius 3 is 2.59 bits per heavy atom. The molecule has 1 amide bonds. The first-order chi connectivity index (χ1) is 8.10. The first-order valence-corrected chi connectivity index (χ1v) is 6.22. The van der Waals surface area contributed by atoms with E-state index in [9.17, 15) is 4.79 Å². The molecule has 5 nitrogen and oxygen atoms in total. The van der Waals surface area contributed by atoms with Crippen LogP contribution in [0.3, 0.4) is 0 Å². The van der Waals surface area contributed by atoms with Crippen LogP contribution in [0.15, 0.2) is 0 Å². The highest BCUT2D eigenvalue weighted by Crippen LogP contribution is 2.16. The van der Waals surface area contributed by atoms with E-state index in [0.29, 0.717) is 6.54 Å². The third kappa shape index (κ3) is 3.94. The molecule has 1 atom stereocenters. The fraction of sp³-hybridized carbons (Fsp3) is 0.917. The molecule has 1 aliphatic rings.